The number of hydrogen-bond acceptors (Lipinski definition) is 2. The molecule has 2 heterocycles. The lowest BCUT2D eigenvalue weighted by molar-refractivity contribution is -0.132. The second-order valence-corrected chi connectivity index (χ2v) is 7.18. The Morgan fingerprint density at radius 2 is 2.10 bits per heavy atom. The molecule has 20 heavy (non-hydrogen) atoms. The Bertz CT molecular complexity index is 426. The molecular weight excluding hydrogens is 266 g/mol. The Hall–Kier alpha value is -0.830. The fourth-order valence-corrected chi connectivity index (χ4v) is 4.04. The van der Waals surface area contributed by atoms with Crippen LogP contribution in [0.4, 0.5) is 0 Å². The highest BCUT2D eigenvalue weighted by Gasteiger charge is 2.30. The van der Waals surface area contributed by atoms with Crippen molar-refractivity contribution >= 4 is 17.2 Å². The quantitative estimate of drug-likeness (QED) is 0.642. The summed E-state index contributed by atoms with van der Waals surface area (Å²) >= 11 is 1.85. The van der Waals surface area contributed by atoms with Crippen molar-refractivity contribution in [2.45, 2.75) is 71.3 Å². The molecule has 2 rings (SSSR count). The minimum Gasteiger partial charge on any atom is -0.335 e. The average molecular weight is 293 g/mol. The first-order valence-electron chi connectivity index (χ1n) is 8.08. The lowest BCUT2D eigenvalue weighted by Gasteiger charge is -2.24. The van der Waals surface area contributed by atoms with Crippen molar-refractivity contribution in [2.75, 3.05) is 6.54 Å². The van der Waals surface area contributed by atoms with Gasteiger partial charge in [-0.25, -0.2) is 0 Å². The molecule has 2 nitrogen and oxygen atoms in total. The van der Waals surface area contributed by atoms with Gasteiger partial charge in [-0.2, -0.15) is 0 Å². The van der Waals surface area contributed by atoms with Crippen LogP contribution >= 0.6 is 11.3 Å². The Kier molecular flexibility index (Phi) is 6.08. The van der Waals surface area contributed by atoms with Crippen LogP contribution in [-0.4, -0.2) is 17.4 Å². The SMILES string of the molecule is CCCCCCCC(=O)N1CCCC1c1ccc(C)s1. The number of carbonyl (C=O) groups excluding carboxylic acids is 1. The summed E-state index contributed by atoms with van der Waals surface area (Å²) in [5.74, 6) is 0.370. The number of likely N-dealkylation sites (tertiary alicyclic amines) is 1. The van der Waals surface area contributed by atoms with Gasteiger partial charge < -0.3 is 4.90 Å². The van der Waals surface area contributed by atoms with E-state index in [9.17, 15) is 4.79 Å². The number of amides is 1. The molecule has 1 amide bonds. The first-order chi connectivity index (χ1) is 9.72. The van der Waals surface area contributed by atoms with E-state index in [1.807, 2.05) is 11.3 Å². The zero-order valence-corrected chi connectivity index (χ0v) is 13.7. The number of nitrogens with zero attached hydrogens (tertiary/aromatic N) is 1. The normalized spacial score (nSPS) is 18.7. The summed E-state index contributed by atoms with van der Waals surface area (Å²) in [5, 5.41) is 0. The molecule has 1 aliphatic rings. The minimum atomic E-state index is 0.358. The predicted octanol–water partition coefficient (Wildman–Crippen LogP) is 5.08. The molecule has 1 aromatic heterocycles. The second-order valence-electron chi connectivity index (χ2n) is 5.86. The zero-order valence-electron chi connectivity index (χ0n) is 12.9. The number of carbonyl (C=O) groups is 1. The monoisotopic (exact) mass is 293 g/mol. The van der Waals surface area contributed by atoms with Gasteiger partial charge in [0.15, 0.2) is 0 Å². The number of hydrogen-bond donors (Lipinski definition) is 0. The number of thiophene rings is 1. The van der Waals surface area contributed by atoms with Crippen molar-refractivity contribution in [3.8, 4) is 0 Å². The number of unbranched alkanes of at least 4 members (excludes halogenated alkanes) is 4. The maximum Gasteiger partial charge on any atom is 0.223 e. The van der Waals surface area contributed by atoms with Crippen LogP contribution in [0.15, 0.2) is 12.1 Å². The van der Waals surface area contributed by atoms with E-state index in [4.69, 9.17) is 0 Å². The third-order valence-electron chi connectivity index (χ3n) is 4.16. The fraction of sp³-hybridized carbons (Fsp3) is 0.706. The molecule has 112 valence electrons. The van der Waals surface area contributed by atoms with Gasteiger partial charge in [0, 0.05) is 22.7 Å². The van der Waals surface area contributed by atoms with Gasteiger partial charge in [0.2, 0.25) is 5.91 Å². The van der Waals surface area contributed by atoms with Crippen LogP contribution in [-0.2, 0) is 4.79 Å². The molecule has 0 aliphatic carbocycles. The first-order valence-corrected chi connectivity index (χ1v) is 8.90. The largest absolute Gasteiger partial charge is 0.335 e. The van der Waals surface area contributed by atoms with Crippen LogP contribution in [0, 0.1) is 6.92 Å². The summed E-state index contributed by atoms with van der Waals surface area (Å²) in [5.41, 5.74) is 0. The zero-order chi connectivity index (χ0) is 14.4. The molecule has 3 heteroatoms. The van der Waals surface area contributed by atoms with Crippen LogP contribution in [0.2, 0.25) is 0 Å². The van der Waals surface area contributed by atoms with Gasteiger partial charge in [0.1, 0.15) is 0 Å². The number of rotatable bonds is 7. The Morgan fingerprint density at radius 1 is 1.30 bits per heavy atom. The summed E-state index contributed by atoms with van der Waals surface area (Å²) in [6.07, 6.45) is 9.14. The van der Waals surface area contributed by atoms with Crippen molar-refractivity contribution < 1.29 is 4.79 Å². The molecule has 0 N–H and O–H groups in total. The summed E-state index contributed by atoms with van der Waals surface area (Å²) in [6.45, 7) is 5.32. The van der Waals surface area contributed by atoms with E-state index in [-0.39, 0.29) is 0 Å². The van der Waals surface area contributed by atoms with Gasteiger partial charge in [-0.3, -0.25) is 4.79 Å². The Labute approximate surface area is 127 Å². The Balaban J connectivity index is 1.82. The van der Waals surface area contributed by atoms with Crippen molar-refractivity contribution in [2.24, 2.45) is 0 Å². The Morgan fingerprint density at radius 3 is 2.80 bits per heavy atom. The molecule has 1 aromatic rings. The molecule has 0 aromatic carbocycles. The topological polar surface area (TPSA) is 20.3 Å². The van der Waals surface area contributed by atoms with Gasteiger partial charge in [-0.05, 0) is 38.3 Å². The molecule has 1 fully saturated rings. The standard InChI is InChI=1S/C17H27NOS/c1-3-4-5-6-7-10-17(19)18-13-8-9-15(18)16-12-11-14(2)20-16/h11-12,15H,3-10,13H2,1-2H3. The summed E-state index contributed by atoms with van der Waals surface area (Å²) in [7, 11) is 0. The van der Waals surface area contributed by atoms with Crippen LogP contribution in [0.1, 0.15) is 74.1 Å². The van der Waals surface area contributed by atoms with Gasteiger partial charge >= 0.3 is 0 Å². The van der Waals surface area contributed by atoms with Gasteiger partial charge in [-0.1, -0.05) is 32.6 Å². The van der Waals surface area contributed by atoms with E-state index in [2.05, 4.69) is 30.9 Å². The summed E-state index contributed by atoms with van der Waals surface area (Å²) in [4.78, 5) is 17.2. The van der Waals surface area contributed by atoms with Gasteiger partial charge in [-0.15, -0.1) is 11.3 Å². The highest BCUT2D eigenvalue weighted by molar-refractivity contribution is 7.12. The van der Waals surface area contributed by atoms with E-state index >= 15 is 0 Å². The smallest absolute Gasteiger partial charge is 0.223 e. The van der Waals surface area contributed by atoms with Crippen molar-refractivity contribution in [3.63, 3.8) is 0 Å². The highest BCUT2D eigenvalue weighted by Crippen LogP contribution is 2.36. The second kappa shape index (κ2) is 7.82. The molecule has 1 atom stereocenters. The van der Waals surface area contributed by atoms with Crippen LogP contribution in [0.3, 0.4) is 0 Å². The van der Waals surface area contributed by atoms with Crippen LogP contribution in [0.5, 0.6) is 0 Å². The van der Waals surface area contributed by atoms with Gasteiger partial charge in [0.25, 0.3) is 0 Å². The van der Waals surface area contributed by atoms with Crippen molar-refractivity contribution in [1.82, 2.24) is 4.90 Å². The summed E-state index contributed by atoms with van der Waals surface area (Å²) < 4.78 is 0. The molecular formula is C17H27NOS. The van der Waals surface area contributed by atoms with E-state index in [1.54, 1.807) is 0 Å². The fourth-order valence-electron chi connectivity index (χ4n) is 3.02. The van der Waals surface area contributed by atoms with Crippen molar-refractivity contribution in [1.29, 1.82) is 0 Å². The lowest BCUT2D eigenvalue weighted by Crippen LogP contribution is -2.29. The minimum absolute atomic E-state index is 0.358. The highest BCUT2D eigenvalue weighted by atomic mass is 32.1. The molecule has 0 radical (unpaired) electrons. The van der Waals surface area contributed by atoms with E-state index in [0.717, 1.165) is 32.2 Å². The van der Waals surface area contributed by atoms with Crippen molar-refractivity contribution in [3.05, 3.63) is 21.9 Å². The van der Waals surface area contributed by atoms with Crippen LogP contribution in [0.25, 0.3) is 0 Å². The van der Waals surface area contributed by atoms with E-state index in [0.29, 0.717) is 11.9 Å². The molecule has 0 spiro atoms. The third-order valence-corrected chi connectivity index (χ3v) is 5.26. The first kappa shape index (κ1) is 15.6. The third kappa shape index (κ3) is 4.08. The molecule has 1 aliphatic heterocycles. The molecule has 0 bridgehead atoms. The molecule has 1 saturated heterocycles. The maximum atomic E-state index is 12.4. The average Bonchev–Trinajstić information content (AvgIpc) is 3.06. The number of aryl methyl sites for hydroxylation is 1. The van der Waals surface area contributed by atoms with Crippen LogP contribution < -0.4 is 0 Å². The lowest BCUT2D eigenvalue weighted by atomic mass is 10.1. The molecule has 1 unspecified atom stereocenters. The van der Waals surface area contributed by atoms with E-state index < -0.39 is 0 Å². The maximum absolute atomic E-state index is 12.4. The molecule has 0 saturated carbocycles. The predicted molar refractivity (Wildman–Crippen MR) is 86.1 cm³/mol. The summed E-state index contributed by atoms with van der Waals surface area (Å²) in [6, 6.07) is 4.74. The van der Waals surface area contributed by atoms with E-state index in [1.165, 1.54) is 35.4 Å². The van der Waals surface area contributed by atoms with Gasteiger partial charge in [0.05, 0.1) is 6.04 Å².